The van der Waals surface area contributed by atoms with Crippen LogP contribution >= 0.6 is 0 Å². The van der Waals surface area contributed by atoms with Crippen molar-refractivity contribution in [3.05, 3.63) is 30.6 Å². The van der Waals surface area contributed by atoms with Gasteiger partial charge in [0.05, 0.1) is 25.2 Å². The zero-order valence-corrected chi connectivity index (χ0v) is 22.2. The molecular weight excluding hydrogens is 522 g/mol. The van der Waals surface area contributed by atoms with Crippen molar-refractivity contribution >= 4 is 41.0 Å². The molecular formula is C26H33N7O7. The highest BCUT2D eigenvalue weighted by atomic mass is 16.6. The molecule has 0 aromatic carbocycles. The molecule has 0 spiro atoms. The van der Waals surface area contributed by atoms with Crippen molar-refractivity contribution in [1.82, 2.24) is 14.5 Å². The number of ether oxygens (including phenoxy) is 4. The van der Waals surface area contributed by atoms with Crippen LogP contribution in [0.4, 0.5) is 5.82 Å². The monoisotopic (exact) mass is 555 g/mol. The van der Waals surface area contributed by atoms with Crippen molar-refractivity contribution in [3.63, 3.8) is 0 Å². The summed E-state index contributed by atoms with van der Waals surface area (Å²) in [7, 11) is 0. The lowest BCUT2D eigenvalue weighted by Crippen LogP contribution is -2.35. The molecule has 1 aliphatic rings. The lowest BCUT2D eigenvalue weighted by atomic mass is 10.1. The molecule has 4 N–H and O–H groups in total. The number of nitrogens with one attached hydrogen (secondary N) is 1. The zero-order valence-electron chi connectivity index (χ0n) is 22.2. The van der Waals surface area contributed by atoms with Gasteiger partial charge in [-0.25, -0.2) is 15.0 Å². The van der Waals surface area contributed by atoms with E-state index in [-0.39, 0.29) is 38.0 Å². The number of fused-ring (bicyclic) bond motifs is 1. The summed E-state index contributed by atoms with van der Waals surface area (Å²) in [6.07, 6.45) is 5.87. The quantitative estimate of drug-likeness (QED) is 0.125. The number of rotatable bonds is 15. The highest BCUT2D eigenvalue weighted by Crippen LogP contribution is 2.30. The van der Waals surface area contributed by atoms with Gasteiger partial charge in [0.1, 0.15) is 43.0 Å². The number of pyridine rings is 1. The van der Waals surface area contributed by atoms with Crippen LogP contribution in [-0.4, -0.2) is 89.5 Å². The van der Waals surface area contributed by atoms with Gasteiger partial charge in [-0.15, -0.1) is 0 Å². The molecule has 0 aliphatic carbocycles. The smallest absolute Gasteiger partial charge is 0.323 e. The topological polar surface area (TPSA) is 196 Å². The Labute approximate surface area is 231 Å². The first-order chi connectivity index (χ1) is 19.3. The van der Waals surface area contributed by atoms with Crippen molar-refractivity contribution in [1.29, 1.82) is 5.26 Å². The van der Waals surface area contributed by atoms with Crippen LogP contribution in [-0.2, 0) is 23.8 Å². The van der Waals surface area contributed by atoms with Crippen LogP contribution in [0.3, 0.4) is 0 Å². The van der Waals surface area contributed by atoms with Gasteiger partial charge in [0.15, 0.2) is 17.2 Å². The largest absolute Gasteiger partial charge is 0.487 e. The van der Waals surface area contributed by atoms with Crippen molar-refractivity contribution in [2.24, 2.45) is 10.7 Å². The van der Waals surface area contributed by atoms with Gasteiger partial charge in [0, 0.05) is 31.5 Å². The SMILES string of the molecule is C=C(C#N)C=N/C(=C\C)n1cnc2cc(OCCOCCOC(=O)[C@@H](N)CC(=O)O)c(NC3CCOCC3)nc21. The Kier molecular flexibility index (Phi) is 11.6. The van der Waals surface area contributed by atoms with E-state index in [1.54, 1.807) is 23.0 Å². The Bertz CT molecular complexity index is 1290. The minimum atomic E-state index is -1.22. The Morgan fingerprint density at radius 2 is 2.12 bits per heavy atom. The summed E-state index contributed by atoms with van der Waals surface area (Å²) in [5, 5.41) is 21.1. The summed E-state index contributed by atoms with van der Waals surface area (Å²) < 4.78 is 23.5. The molecule has 1 saturated heterocycles. The number of aromatic nitrogens is 3. The van der Waals surface area contributed by atoms with E-state index >= 15 is 0 Å². The Hall–Kier alpha value is -4.32. The predicted molar refractivity (Wildman–Crippen MR) is 146 cm³/mol. The van der Waals surface area contributed by atoms with E-state index in [4.69, 9.17) is 40.0 Å². The number of carboxylic acids is 1. The first kappa shape index (κ1) is 30.2. The molecule has 1 fully saturated rings. The second-order valence-corrected chi connectivity index (χ2v) is 8.70. The third-order valence-electron chi connectivity index (χ3n) is 5.71. The molecule has 0 saturated carbocycles. The Balaban J connectivity index is 1.65. The Morgan fingerprint density at radius 1 is 1.38 bits per heavy atom. The molecule has 40 heavy (non-hydrogen) atoms. The maximum absolute atomic E-state index is 11.7. The van der Waals surface area contributed by atoms with E-state index in [9.17, 15) is 9.59 Å². The fourth-order valence-corrected chi connectivity index (χ4v) is 3.68. The molecule has 0 unspecified atom stereocenters. The van der Waals surface area contributed by atoms with E-state index in [0.29, 0.717) is 41.8 Å². The number of hydrogen-bond acceptors (Lipinski definition) is 12. The number of carboxylic acid groups (broad SMARTS) is 1. The second-order valence-electron chi connectivity index (χ2n) is 8.70. The first-order valence-corrected chi connectivity index (χ1v) is 12.7. The number of aliphatic carboxylic acids is 1. The maximum Gasteiger partial charge on any atom is 0.323 e. The summed E-state index contributed by atoms with van der Waals surface area (Å²) >= 11 is 0. The van der Waals surface area contributed by atoms with E-state index < -0.39 is 24.4 Å². The lowest BCUT2D eigenvalue weighted by Gasteiger charge is -2.24. The zero-order chi connectivity index (χ0) is 28.9. The van der Waals surface area contributed by atoms with Crippen molar-refractivity contribution in [2.75, 3.05) is 45.0 Å². The highest BCUT2D eigenvalue weighted by Gasteiger charge is 2.20. The number of carbonyl (C=O) groups excluding carboxylic acids is 1. The normalized spacial score (nSPS) is 15.1. The molecule has 0 bridgehead atoms. The molecule has 14 heteroatoms. The summed E-state index contributed by atoms with van der Waals surface area (Å²) in [6.45, 7) is 7.14. The van der Waals surface area contributed by atoms with Gasteiger partial charge >= 0.3 is 11.9 Å². The maximum atomic E-state index is 11.7. The van der Waals surface area contributed by atoms with Gasteiger partial charge in [-0.05, 0) is 25.8 Å². The van der Waals surface area contributed by atoms with Gasteiger partial charge in [-0.2, -0.15) is 5.26 Å². The number of nitriles is 1. The van der Waals surface area contributed by atoms with E-state index in [0.717, 1.165) is 12.8 Å². The number of carbonyl (C=O) groups is 2. The van der Waals surface area contributed by atoms with Crippen molar-refractivity contribution < 1.29 is 33.6 Å². The van der Waals surface area contributed by atoms with Crippen molar-refractivity contribution in [2.45, 2.75) is 38.3 Å². The van der Waals surface area contributed by atoms with Gasteiger partial charge in [-0.1, -0.05) is 6.58 Å². The molecule has 0 amide bonds. The minimum absolute atomic E-state index is 0.0644. The average molecular weight is 556 g/mol. The predicted octanol–water partition coefficient (Wildman–Crippen LogP) is 1.73. The lowest BCUT2D eigenvalue weighted by molar-refractivity contribution is -0.150. The second kappa shape index (κ2) is 15.3. The summed E-state index contributed by atoms with van der Waals surface area (Å²) in [6, 6.07) is 2.64. The van der Waals surface area contributed by atoms with E-state index in [2.05, 4.69) is 21.9 Å². The summed E-state index contributed by atoms with van der Waals surface area (Å²) in [4.78, 5) is 35.9. The van der Waals surface area contributed by atoms with Crippen LogP contribution in [0.25, 0.3) is 17.0 Å². The van der Waals surface area contributed by atoms with Crippen LogP contribution in [0.5, 0.6) is 5.75 Å². The van der Waals surface area contributed by atoms with Crippen molar-refractivity contribution in [3.8, 4) is 11.8 Å². The fraction of sp³-hybridized carbons (Fsp3) is 0.462. The molecule has 14 nitrogen and oxygen atoms in total. The molecule has 3 heterocycles. The highest BCUT2D eigenvalue weighted by molar-refractivity contribution is 5.87. The third kappa shape index (κ3) is 8.87. The van der Waals surface area contributed by atoms with E-state index in [1.807, 2.05) is 13.0 Å². The third-order valence-corrected chi connectivity index (χ3v) is 5.71. The van der Waals surface area contributed by atoms with Crippen LogP contribution < -0.4 is 15.8 Å². The number of esters is 1. The molecule has 2 aromatic heterocycles. The number of aliphatic imine (C=N–C) groups is 1. The molecule has 1 atom stereocenters. The number of nitrogens with zero attached hydrogens (tertiary/aromatic N) is 5. The van der Waals surface area contributed by atoms with Gasteiger partial charge < -0.3 is 35.1 Å². The fourth-order valence-electron chi connectivity index (χ4n) is 3.68. The molecule has 0 radical (unpaired) electrons. The van der Waals surface area contributed by atoms with E-state index in [1.165, 1.54) is 6.21 Å². The average Bonchev–Trinajstić information content (AvgIpc) is 3.35. The molecule has 214 valence electrons. The number of nitrogens with two attached hydrogens (primary N) is 1. The summed E-state index contributed by atoms with van der Waals surface area (Å²) in [5.41, 5.74) is 6.80. The summed E-state index contributed by atoms with van der Waals surface area (Å²) in [5.74, 6) is -0.437. The van der Waals surface area contributed by atoms with Gasteiger partial charge in [-0.3, -0.25) is 14.2 Å². The number of allylic oxidation sites excluding steroid dienone is 2. The van der Waals surface area contributed by atoms with Crippen LogP contribution in [0, 0.1) is 11.3 Å². The number of imidazole rings is 1. The standard InChI is InChI=1S/C26H33N7O7/c1-3-22(29-15-17(2)14-27)33-16-30-20-13-21(24(32-25(20)33)31-18-4-6-37-7-5-18)39-10-8-38-9-11-40-26(36)19(28)12-23(34)35/h3,13,15-16,18-19H,2,4-12,28H2,1H3,(H,31,32)(H,34,35)/b22-3+,29-15?/t19-/m0/s1. The number of hydrogen-bond donors (Lipinski definition) is 3. The number of anilines is 1. The minimum Gasteiger partial charge on any atom is -0.487 e. The van der Waals surface area contributed by atoms with Gasteiger partial charge in [0.25, 0.3) is 0 Å². The van der Waals surface area contributed by atoms with Gasteiger partial charge in [0.2, 0.25) is 0 Å². The molecule has 1 aliphatic heterocycles. The first-order valence-electron chi connectivity index (χ1n) is 12.7. The molecule has 3 rings (SSSR count). The van der Waals surface area contributed by atoms with Crippen LogP contribution in [0.15, 0.2) is 35.6 Å². The van der Waals surface area contributed by atoms with Crippen LogP contribution in [0.1, 0.15) is 26.2 Å². The van der Waals surface area contributed by atoms with Crippen LogP contribution in [0.2, 0.25) is 0 Å². The Morgan fingerprint density at radius 3 is 2.83 bits per heavy atom. The molecule has 2 aromatic rings.